The van der Waals surface area contributed by atoms with Crippen LogP contribution in [0, 0.1) is 0 Å². The molecule has 50 valence electrons. The second-order valence-corrected chi connectivity index (χ2v) is 2.18. The molecule has 1 aromatic heterocycles. The van der Waals surface area contributed by atoms with Gasteiger partial charge in [0.05, 0.1) is 0 Å². The van der Waals surface area contributed by atoms with Gasteiger partial charge in [-0.25, -0.2) is 0 Å². The van der Waals surface area contributed by atoms with Crippen LogP contribution in [0.15, 0.2) is 16.9 Å². The van der Waals surface area contributed by atoms with Crippen molar-refractivity contribution in [3.05, 3.63) is 12.3 Å². The Bertz CT molecular complexity index is 158. The fraction of sp³-hybridized carbons (Fsp3) is 0.500. The highest BCUT2D eigenvalue weighted by molar-refractivity contribution is 5.31. The minimum Gasteiger partial charge on any atom is -0.365 e. The Kier molecular flexibility index (Phi) is 1.72. The number of nitrogens with zero attached hydrogens (tertiary/aromatic N) is 1. The van der Waals surface area contributed by atoms with Gasteiger partial charge in [0.25, 0.3) is 0 Å². The van der Waals surface area contributed by atoms with E-state index in [-0.39, 0.29) is 0 Å². The first-order valence-corrected chi connectivity index (χ1v) is 2.96. The third-order valence-corrected chi connectivity index (χ3v) is 0.874. The van der Waals surface area contributed by atoms with Gasteiger partial charge in [-0.05, 0) is 13.8 Å². The first-order valence-electron chi connectivity index (χ1n) is 2.96. The van der Waals surface area contributed by atoms with Crippen LogP contribution in [0.5, 0.6) is 0 Å². The summed E-state index contributed by atoms with van der Waals surface area (Å²) in [6.07, 6.45) is 1.55. The summed E-state index contributed by atoms with van der Waals surface area (Å²) in [7, 11) is 0. The molecule has 0 radical (unpaired) electrons. The number of nitrogens with one attached hydrogen (secondary N) is 1. The molecule has 0 amide bonds. The van der Waals surface area contributed by atoms with E-state index in [9.17, 15) is 0 Å². The first kappa shape index (κ1) is 6.13. The molecule has 0 aliphatic carbocycles. The molecular formula is C6H10N2O. The molecular weight excluding hydrogens is 116 g/mol. The maximum atomic E-state index is 4.60. The fourth-order valence-electron chi connectivity index (χ4n) is 0.583. The highest BCUT2D eigenvalue weighted by Crippen LogP contribution is 2.01. The molecule has 1 heterocycles. The summed E-state index contributed by atoms with van der Waals surface area (Å²) < 4.78 is 4.60. The van der Waals surface area contributed by atoms with Crippen LogP contribution in [0.25, 0.3) is 0 Å². The van der Waals surface area contributed by atoms with Gasteiger partial charge in [-0.3, -0.25) is 0 Å². The second kappa shape index (κ2) is 2.53. The van der Waals surface area contributed by atoms with Crippen LogP contribution in [-0.4, -0.2) is 11.2 Å². The van der Waals surface area contributed by atoms with Crippen molar-refractivity contribution in [2.75, 3.05) is 5.32 Å². The van der Waals surface area contributed by atoms with E-state index in [4.69, 9.17) is 0 Å². The number of hydrogen-bond acceptors (Lipinski definition) is 3. The number of rotatable bonds is 2. The van der Waals surface area contributed by atoms with Crippen molar-refractivity contribution >= 4 is 5.82 Å². The smallest absolute Gasteiger partial charge is 0.169 e. The SMILES string of the molecule is CC(C)Nc1ccon1. The quantitative estimate of drug-likeness (QED) is 0.652. The summed E-state index contributed by atoms with van der Waals surface area (Å²) in [5, 5.41) is 6.75. The van der Waals surface area contributed by atoms with Gasteiger partial charge in [0, 0.05) is 12.1 Å². The summed E-state index contributed by atoms with van der Waals surface area (Å²) in [6.45, 7) is 4.10. The molecule has 0 aromatic carbocycles. The molecule has 9 heavy (non-hydrogen) atoms. The molecule has 1 N–H and O–H groups in total. The van der Waals surface area contributed by atoms with Crippen molar-refractivity contribution in [2.45, 2.75) is 19.9 Å². The zero-order chi connectivity index (χ0) is 6.69. The monoisotopic (exact) mass is 126 g/mol. The number of hydrogen-bond donors (Lipinski definition) is 1. The van der Waals surface area contributed by atoms with E-state index in [1.165, 1.54) is 0 Å². The van der Waals surface area contributed by atoms with E-state index >= 15 is 0 Å². The Labute approximate surface area is 54.0 Å². The second-order valence-electron chi connectivity index (χ2n) is 2.18. The highest BCUT2D eigenvalue weighted by atomic mass is 16.5. The van der Waals surface area contributed by atoms with Crippen molar-refractivity contribution in [3.63, 3.8) is 0 Å². The van der Waals surface area contributed by atoms with Crippen LogP contribution < -0.4 is 5.32 Å². The van der Waals surface area contributed by atoms with Crippen molar-refractivity contribution in [3.8, 4) is 0 Å². The van der Waals surface area contributed by atoms with Crippen LogP contribution in [0.3, 0.4) is 0 Å². The lowest BCUT2D eigenvalue weighted by molar-refractivity contribution is 0.422. The number of aromatic nitrogens is 1. The average Bonchev–Trinajstić information content (AvgIpc) is 2.15. The van der Waals surface area contributed by atoms with Gasteiger partial charge >= 0.3 is 0 Å². The van der Waals surface area contributed by atoms with E-state index < -0.39 is 0 Å². The summed E-state index contributed by atoms with van der Waals surface area (Å²) in [4.78, 5) is 0. The molecule has 0 saturated heterocycles. The van der Waals surface area contributed by atoms with E-state index in [2.05, 4.69) is 28.8 Å². The third-order valence-electron chi connectivity index (χ3n) is 0.874. The summed E-state index contributed by atoms with van der Waals surface area (Å²) in [5.74, 6) is 0.796. The zero-order valence-electron chi connectivity index (χ0n) is 5.59. The zero-order valence-corrected chi connectivity index (χ0v) is 5.59. The number of anilines is 1. The molecule has 0 fully saturated rings. The molecule has 0 atom stereocenters. The van der Waals surface area contributed by atoms with Crippen LogP contribution >= 0.6 is 0 Å². The minimum absolute atomic E-state index is 0.412. The fourth-order valence-corrected chi connectivity index (χ4v) is 0.583. The normalized spacial score (nSPS) is 10.1. The molecule has 1 aromatic rings. The van der Waals surface area contributed by atoms with Gasteiger partial charge < -0.3 is 9.84 Å². The molecule has 3 nitrogen and oxygen atoms in total. The van der Waals surface area contributed by atoms with Crippen molar-refractivity contribution in [1.29, 1.82) is 0 Å². The lowest BCUT2D eigenvalue weighted by atomic mass is 10.4. The largest absolute Gasteiger partial charge is 0.365 e. The van der Waals surface area contributed by atoms with Gasteiger partial charge in [0.15, 0.2) is 5.82 Å². The van der Waals surface area contributed by atoms with E-state index in [1.54, 1.807) is 12.3 Å². The molecule has 3 heteroatoms. The van der Waals surface area contributed by atoms with Gasteiger partial charge in [0.2, 0.25) is 0 Å². The predicted octanol–water partition coefficient (Wildman–Crippen LogP) is 1.49. The van der Waals surface area contributed by atoms with Crippen LogP contribution in [0.1, 0.15) is 13.8 Å². The Morgan fingerprint density at radius 1 is 1.67 bits per heavy atom. The van der Waals surface area contributed by atoms with Crippen molar-refractivity contribution in [1.82, 2.24) is 5.16 Å². The molecule has 0 unspecified atom stereocenters. The first-order chi connectivity index (χ1) is 4.29. The Morgan fingerprint density at radius 2 is 2.44 bits per heavy atom. The molecule has 0 aliphatic rings. The highest BCUT2D eigenvalue weighted by Gasteiger charge is 1.95. The van der Waals surface area contributed by atoms with Crippen LogP contribution in [0.4, 0.5) is 5.82 Å². The molecule has 1 rings (SSSR count). The van der Waals surface area contributed by atoms with Crippen molar-refractivity contribution in [2.24, 2.45) is 0 Å². The molecule has 0 saturated carbocycles. The summed E-state index contributed by atoms with van der Waals surface area (Å²) >= 11 is 0. The van der Waals surface area contributed by atoms with E-state index in [0.29, 0.717) is 6.04 Å². The molecule has 0 bridgehead atoms. The van der Waals surface area contributed by atoms with Crippen LogP contribution in [-0.2, 0) is 0 Å². The van der Waals surface area contributed by atoms with E-state index in [0.717, 1.165) is 5.82 Å². The van der Waals surface area contributed by atoms with Crippen molar-refractivity contribution < 1.29 is 4.52 Å². The van der Waals surface area contributed by atoms with Gasteiger partial charge in [-0.15, -0.1) is 0 Å². The van der Waals surface area contributed by atoms with E-state index in [1.807, 2.05) is 0 Å². The maximum Gasteiger partial charge on any atom is 0.169 e. The van der Waals surface area contributed by atoms with Gasteiger partial charge in [-0.1, -0.05) is 5.16 Å². The maximum absolute atomic E-state index is 4.60. The molecule has 0 aliphatic heterocycles. The summed E-state index contributed by atoms with van der Waals surface area (Å²) in [5.41, 5.74) is 0. The van der Waals surface area contributed by atoms with Crippen LogP contribution in [0.2, 0.25) is 0 Å². The van der Waals surface area contributed by atoms with Gasteiger partial charge in [0.1, 0.15) is 6.26 Å². The minimum atomic E-state index is 0.412. The standard InChI is InChI=1S/C6H10N2O/c1-5(2)7-6-3-4-9-8-6/h3-5H,1-2H3,(H,7,8). The predicted molar refractivity (Wildman–Crippen MR) is 35.3 cm³/mol. The topological polar surface area (TPSA) is 38.1 Å². The Balaban J connectivity index is 2.48. The lowest BCUT2D eigenvalue weighted by Gasteiger charge is -2.02. The summed E-state index contributed by atoms with van der Waals surface area (Å²) in [6, 6.07) is 2.20. The third kappa shape index (κ3) is 1.76. The lowest BCUT2D eigenvalue weighted by Crippen LogP contribution is -2.09. The Hall–Kier alpha value is -0.990. The Morgan fingerprint density at radius 3 is 2.89 bits per heavy atom. The van der Waals surface area contributed by atoms with Gasteiger partial charge in [-0.2, -0.15) is 0 Å². The average molecular weight is 126 g/mol. The molecule has 0 spiro atoms.